The molecule has 2 N–H and O–H groups in total. The molecule has 0 bridgehead atoms. The first-order valence-electron chi connectivity index (χ1n) is 10.6. The van der Waals surface area contributed by atoms with Crippen molar-refractivity contribution in [1.82, 2.24) is 15.5 Å². The van der Waals surface area contributed by atoms with Crippen molar-refractivity contribution in [3.63, 3.8) is 0 Å². The van der Waals surface area contributed by atoms with Gasteiger partial charge in [-0.2, -0.15) is 0 Å². The van der Waals surface area contributed by atoms with Crippen LogP contribution in [0.3, 0.4) is 0 Å². The number of thioether (sulfide) groups is 1. The van der Waals surface area contributed by atoms with Gasteiger partial charge in [-0.3, -0.25) is 14.5 Å². The Morgan fingerprint density at radius 1 is 1.17 bits per heavy atom. The van der Waals surface area contributed by atoms with E-state index in [2.05, 4.69) is 46.7 Å². The van der Waals surface area contributed by atoms with Gasteiger partial charge in [0.15, 0.2) is 0 Å². The molecule has 0 radical (unpaired) electrons. The molecule has 1 saturated heterocycles. The molecule has 1 aromatic rings. The first-order chi connectivity index (χ1) is 14.1. The topological polar surface area (TPSA) is 70.7 Å². The van der Waals surface area contributed by atoms with Crippen LogP contribution >= 0.6 is 11.8 Å². The van der Waals surface area contributed by atoms with E-state index in [1.807, 2.05) is 0 Å². The van der Waals surface area contributed by atoms with E-state index in [1.54, 1.807) is 11.8 Å². The van der Waals surface area contributed by atoms with Gasteiger partial charge in [-0.05, 0) is 43.5 Å². The SMILES string of the molecule is CCCCc1ccc(SCC(NC(C)=O)C(=O)NCCCN2CCOCC2)cc1. The fourth-order valence-corrected chi connectivity index (χ4v) is 4.13. The number of rotatable bonds is 12. The number of carbonyl (C=O) groups excluding carboxylic acids is 2. The lowest BCUT2D eigenvalue weighted by Crippen LogP contribution is -2.48. The molecule has 2 rings (SSSR count). The number of benzene rings is 1. The van der Waals surface area contributed by atoms with E-state index in [1.165, 1.54) is 25.3 Å². The van der Waals surface area contributed by atoms with Gasteiger partial charge in [-0.15, -0.1) is 11.8 Å². The molecule has 1 unspecified atom stereocenters. The third-order valence-electron chi connectivity index (χ3n) is 4.91. The van der Waals surface area contributed by atoms with E-state index in [0.29, 0.717) is 12.3 Å². The molecule has 1 aliphatic heterocycles. The standard InChI is InChI=1S/C22H35N3O3S/c1-3-4-6-19-7-9-20(10-8-19)29-17-21(24-18(2)26)22(27)23-11-5-12-25-13-15-28-16-14-25/h7-10,21H,3-6,11-17H2,1-2H3,(H,23,27)(H,24,26). The first kappa shape index (κ1) is 23.7. The van der Waals surface area contributed by atoms with Gasteiger partial charge in [0.2, 0.25) is 11.8 Å². The van der Waals surface area contributed by atoms with Crippen molar-refractivity contribution in [3.8, 4) is 0 Å². The van der Waals surface area contributed by atoms with Crippen LogP contribution < -0.4 is 10.6 Å². The van der Waals surface area contributed by atoms with Crippen LogP contribution in [0.4, 0.5) is 0 Å². The zero-order valence-corrected chi connectivity index (χ0v) is 18.6. The van der Waals surface area contributed by atoms with E-state index >= 15 is 0 Å². The molecule has 1 heterocycles. The lowest BCUT2D eigenvalue weighted by atomic mass is 10.1. The van der Waals surface area contributed by atoms with Crippen molar-refractivity contribution in [2.45, 2.75) is 50.5 Å². The van der Waals surface area contributed by atoms with Crippen molar-refractivity contribution in [3.05, 3.63) is 29.8 Å². The zero-order valence-electron chi connectivity index (χ0n) is 17.7. The summed E-state index contributed by atoms with van der Waals surface area (Å²) in [5.74, 6) is 0.214. The van der Waals surface area contributed by atoms with E-state index in [4.69, 9.17) is 4.74 Å². The third kappa shape index (κ3) is 9.65. The van der Waals surface area contributed by atoms with Crippen LogP contribution in [0, 0.1) is 0 Å². The van der Waals surface area contributed by atoms with Crippen LogP contribution in [-0.4, -0.2) is 67.9 Å². The first-order valence-corrected chi connectivity index (χ1v) is 11.6. The van der Waals surface area contributed by atoms with E-state index in [9.17, 15) is 9.59 Å². The van der Waals surface area contributed by atoms with Crippen LogP contribution in [0.5, 0.6) is 0 Å². The van der Waals surface area contributed by atoms with E-state index in [0.717, 1.165) is 50.6 Å². The van der Waals surface area contributed by atoms with Crippen molar-refractivity contribution in [2.75, 3.05) is 45.1 Å². The van der Waals surface area contributed by atoms with Gasteiger partial charge in [-0.1, -0.05) is 25.5 Å². The van der Waals surface area contributed by atoms with Crippen LogP contribution in [-0.2, 0) is 20.7 Å². The number of amides is 2. The maximum absolute atomic E-state index is 12.6. The van der Waals surface area contributed by atoms with Crippen molar-refractivity contribution in [2.24, 2.45) is 0 Å². The molecule has 1 atom stereocenters. The number of nitrogens with one attached hydrogen (secondary N) is 2. The third-order valence-corrected chi connectivity index (χ3v) is 6.01. The highest BCUT2D eigenvalue weighted by molar-refractivity contribution is 7.99. The van der Waals surface area contributed by atoms with Gasteiger partial charge < -0.3 is 15.4 Å². The minimum Gasteiger partial charge on any atom is -0.379 e. The smallest absolute Gasteiger partial charge is 0.243 e. The van der Waals surface area contributed by atoms with Gasteiger partial charge in [0.05, 0.1) is 13.2 Å². The fraction of sp³-hybridized carbons (Fsp3) is 0.636. The van der Waals surface area contributed by atoms with Crippen molar-refractivity contribution >= 4 is 23.6 Å². The summed E-state index contributed by atoms with van der Waals surface area (Å²) >= 11 is 1.60. The maximum atomic E-state index is 12.6. The molecule has 0 aliphatic carbocycles. The average molecular weight is 422 g/mol. The fourth-order valence-electron chi connectivity index (χ4n) is 3.20. The molecule has 162 valence electrons. The van der Waals surface area contributed by atoms with E-state index in [-0.39, 0.29) is 11.8 Å². The Balaban J connectivity index is 1.74. The predicted octanol–water partition coefficient (Wildman–Crippen LogP) is 2.46. The molecule has 1 aromatic carbocycles. The summed E-state index contributed by atoms with van der Waals surface area (Å²) in [6.07, 6.45) is 4.38. The summed E-state index contributed by atoms with van der Waals surface area (Å²) in [5, 5.41) is 5.75. The van der Waals surface area contributed by atoms with Crippen LogP contribution in [0.1, 0.15) is 38.7 Å². The van der Waals surface area contributed by atoms with Crippen LogP contribution in [0.2, 0.25) is 0 Å². The molecular formula is C22H35N3O3S. The summed E-state index contributed by atoms with van der Waals surface area (Å²) in [7, 11) is 0. The molecule has 0 aromatic heterocycles. The number of ether oxygens (including phenoxy) is 1. The monoisotopic (exact) mass is 421 g/mol. The molecule has 1 aliphatic rings. The Kier molecular flexibility index (Phi) is 11.1. The normalized spacial score (nSPS) is 15.7. The Bertz CT molecular complexity index is 618. The van der Waals surface area contributed by atoms with Crippen LogP contribution in [0.15, 0.2) is 29.2 Å². The quantitative estimate of drug-likeness (QED) is 0.401. The number of hydrogen-bond acceptors (Lipinski definition) is 5. The second-order valence-electron chi connectivity index (χ2n) is 7.41. The van der Waals surface area contributed by atoms with Gasteiger partial charge in [0.25, 0.3) is 0 Å². The lowest BCUT2D eigenvalue weighted by molar-refractivity contribution is -0.127. The second-order valence-corrected chi connectivity index (χ2v) is 8.50. The molecule has 29 heavy (non-hydrogen) atoms. The summed E-state index contributed by atoms with van der Waals surface area (Å²) in [6.45, 7) is 8.69. The highest BCUT2D eigenvalue weighted by Gasteiger charge is 2.19. The number of unbranched alkanes of at least 4 members (excludes halogenated alkanes) is 1. The Morgan fingerprint density at radius 2 is 1.90 bits per heavy atom. The predicted molar refractivity (Wildman–Crippen MR) is 118 cm³/mol. The maximum Gasteiger partial charge on any atom is 0.243 e. The molecule has 0 saturated carbocycles. The number of morpholine rings is 1. The minimum atomic E-state index is -0.527. The summed E-state index contributed by atoms with van der Waals surface area (Å²) in [4.78, 5) is 27.5. The highest BCUT2D eigenvalue weighted by atomic mass is 32.2. The number of nitrogens with zero attached hydrogens (tertiary/aromatic N) is 1. The van der Waals surface area contributed by atoms with Gasteiger partial charge in [0, 0.05) is 37.2 Å². The Labute approximate surface area is 179 Å². The number of hydrogen-bond donors (Lipinski definition) is 2. The zero-order chi connectivity index (χ0) is 20.9. The Morgan fingerprint density at radius 3 is 2.55 bits per heavy atom. The lowest BCUT2D eigenvalue weighted by Gasteiger charge is -2.26. The summed E-state index contributed by atoms with van der Waals surface area (Å²) in [5.41, 5.74) is 1.34. The largest absolute Gasteiger partial charge is 0.379 e. The Hall–Kier alpha value is -1.57. The average Bonchev–Trinajstić information content (AvgIpc) is 2.73. The summed E-state index contributed by atoms with van der Waals surface area (Å²) in [6, 6.07) is 7.97. The van der Waals surface area contributed by atoms with Crippen molar-refractivity contribution < 1.29 is 14.3 Å². The minimum absolute atomic E-state index is 0.116. The van der Waals surface area contributed by atoms with Crippen LogP contribution in [0.25, 0.3) is 0 Å². The van der Waals surface area contributed by atoms with E-state index < -0.39 is 6.04 Å². The molecule has 1 fully saturated rings. The molecule has 7 heteroatoms. The van der Waals surface area contributed by atoms with Gasteiger partial charge >= 0.3 is 0 Å². The highest BCUT2D eigenvalue weighted by Crippen LogP contribution is 2.20. The molecule has 2 amide bonds. The molecular weight excluding hydrogens is 386 g/mol. The van der Waals surface area contributed by atoms with Gasteiger partial charge in [0.1, 0.15) is 6.04 Å². The molecule has 0 spiro atoms. The van der Waals surface area contributed by atoms with Crippen molar-refractivity contribution in [1.29, 1.82) is 0 Å². The number of aryl methyl sites for hydroxylation is 1. The second kappa shape index (κ2) is 13.6. The molecule has 6 nitrogen and oxygen atoms in total. The van der Waals surface area contributed by atoms with Gasteiger partial charge in [-0.25, -0.2) is 0 Å². The number of carbonyl (C=O) groups is 2. The summed E-state index contributed by atoms with van der Waals surface area (Å²) < 4.78 is 5.35.